The van der Waals surface area contributed by atoms with Crippen molar-refractivity contribution < 1.29 is 27.4 Å². The summed E-state index contributed by atoms with van der Waals surface area (Å²) in [6.45, 7) is 3.26. The maximum atomic E-state index is 14.1. The molecule has 2 aromatic carbocycles. The van der Waals surface area contributed by atoms with Crippen LogP contribution in [-0.2, 0) is 6.42 Å². The zero-order chi connectivity index (χ0) is 22.1. The van der Waals surface area contributed by atoms with Crippen molar-refractivity contribution in [1.29, 1.82) is 0 Å². The van der Waals surface area contributed by atoms with Crippen LogP contribution in [0.4, 0.5) is 17.6 Å². The van der Waals surface area contributed by atoms with Gasteiger partial charge in [0.25, 0.3) is 0 Å². The third-order valence-corrected chi connectivity index (χ3v) is 5.31. The van der Waals surface area contributed by atoms with E-state index in [2.05, 4.69) is 4.98 Å². The Balaban J connectivity index is 2.01. The molecule has 7 heteroatoms. The van der Waals surface area contributed by atoms with Gasteiger partial charge in [-0.25, -0.2) is 4.39 Å². The van der Waals surface area contributed by atoms with Gasteiger partial charge in [0, 0.05) is 23.6 Å². The maximum Gasteiger partial charge on any atom is 0.417 e. The standard InChI is InChI=1S/C23H23F4NO2/c1-14(18-9-8-17(24)11-21(18)30-3)12-22(29,23(25,26)27)13-16-10-15(2)28-20-7-5-4-6-19(16)20/h4-11,14,29H,12-13H2,1-3H3. The van der Waals surface area contributed by atoms with Gasteiger partial charge in [-0.1, -0.05) is 31.2 Å². The number of halogens is 4. The Morgan fingerprint density at radius 2 is 1.80 bits per heavy atom. The average Bonchev–Trinajstić information content (AvgIpc) is 2.66. The number of rotatable bonds is 6. The molecule has 0 radical (unpaired) electrons. The first kappa shape index (κ1) is 22.0. The number of aromatic nitrogens is 1. The molecule has 1 aromatic heterocycles. The average molecular weight is 421 g/mol. The lowest BCUT2D eigenvalue weighted by molar-refractivity contribution is -0.263. The molecular weight excluding hydrogens is 398 g/mol. The first-order valence-electron chi connectivity index (χ1n) is 9.52. The number of benzene rings is 2. The second-order valence-electron chi connectivity index (χ2n) is 7.64. The summed E-state index contributed by atoms with van der Waals surface area (Å²) in [6, 6.07) is 12.2. The third-order valence-electron chi connectivity index (χ3n) is 5.31. The van der Waals surface area contributed by atoms with E-state index in [0.717, 1.165) is 6.07 Å². The van der Waals surface area contributed by atoms with Crippen LogP contribution in [0.1, 0.15) is 36.1 Å². The van der Waals surface area contributed by atoms with Gasteiger partial charge in [0.2, 0.25) is 0 Å². The molecule has 3 aromatic rings. The van der Waals surface area contributed by atoms with Gasteiger partial charge < -0.3 is 9.84 Å². The highest BCUT2D eigenvalue weighted by molar-refractivity contribution is 5.82. The van der Waals surface area contributed by atoms with Gasteiger partial charge in [0.1, 0.15) is 11.6 Å². The molecule has 0 spiro atoms. The molecule has 0 aliphatic rings. The van der Waals surface area contributed by atoms with Gasteiger partial charge in [-0.2, -0.15) is 13.2 Å². The van der Waals surface area contributed by atoms with Gasteiger partial charge in [0.05, 0.1) is 12.6 Å². The summed E-state index contributed by atoms with van der Waals surface area (Å²) < 4.78 is 60.8. The Morgan fingerprint density at radius 3 is 2.47 bits per heavy atom. The number of hydrogen-bond acceptors (Lipinski definition) is 3. The van der Waals surface area contributed by atoms with E-state index in [1.807, 2.05) is 0 Å². The van der Waals surface area contributed by atoms with E-state index >= 15 is 0 Å². The second kappa shape index (κ2) is 8.22. The second-order valence-corrected chi connectivity index (χ2v) is 7.64. The summed E-state index contributed by atoms with van der Waals surface area (Å²) in [6.07, 6.45) is -6.09. The fourth-order valence-corrected chi connectivity index (χ4v) is 3.85. The van der Waals surface area contributed by atoms with Crippen LogP contribution < -0.4 is 4.74 Å². The molecule has 0 saturated heterocycles. The number of methoxy groups -OCH3 is 1. The highest BCUT2D eigenvalue weighted by atomic mass is 19.4. The third kappa shape index (κ3) is 4.41. The van der Waals surface area contributed by atoms with Gasteiger partial charge in [0.15, 0.2) is 5.60 Å². The Labute approximate surface area is 172 Å². The molecule has 1 N–H and O–H groups in total. The fourth-order valence-electron chi connectivity index (χ4n) is 3.85. The summed E-state index contributed by atoms with van der Waals surface area (Å²) in [7, 11) is 1.33. The summed E-state index contributed by atoms with van der Waals surface area (Å²) in [5.41, 5.74) is -1.07. The van der Waals surface area contributed by atoms with E-state index in [4.69, 9.17) is 4.74 Å². The lowest BCUT2D eigenvalue weighted by Crippen LogP contribution is -2.48. The number of para-hydroxylation sites is 1. The first-order valence-corrected chi connectivity index (χ1v) is 9.52. The molecule has 1 heterocycles. The lowest BCUT2D eigenvalue weighted by atomic mass is 9.81. The van der Waals surface area contributed by atoms with Crippen LogP contribution >= 0.6 is 0 Å². The van der Waals surface area contributed by atoms with Crippen molar-refractivity contribution in [2.75, 3.05) is 7.11 Å². The number of hydrogen-bond donors (Lipinski definition) is 1. The molecule has 0 amide bonds. The molecule has 3 nitrogen and oxygen atoms in total. The number of fused-ring (bicyclic) bond motifs is 1. The largest absolute Gasteiger partial charge is 0.496 e. The SMILES string of the molecule is COc1cc(F)ccc1C(C)CC(O)(Cc1cc(C)nc2ccccc12)C(F)(F)F. The molecule has 0 saturated carbocycles. The van der Waals surface area contributed by atoms with Crippen molar-refractivity contribution in [3.63, 3.8) is 0 Å². The fraction of sp³-hybridized carbons (Fsp3) is 0.348. The normalized spacial score (nSPS) is 15.1. The van der Waals surface area contributed by atoms with E-state index in [9.17, 15) is 22.7 Å². The van der Waals surface area contributed by atoms with E-state index in [1.54, 1.807) is 44.2 Å². The molecule has 2 atom stereocenters. The van der Waals surface area contributed by atoms with Crippen molar-refractivity contribution in [2.24, 2.45) is 0 Å². The topological polar surface area (TPSA) is 42.4 Å². The molecule has 0 bridgehead atoms. The van der Waals surface area contributed by atoms with Crippen LogP contribution in [0, 0.1) is 12.7 Å². The minimum atomic E-state index is -4.87. The Bertz CT molecular complexity index is 1050. The molecule has 0 aliphatic heterocycles. The van der Waals surface area contributed by atoms with Crippen molar-refractivity contribution in [3.05, 3.63) is 71.2 Å². The molecule has 3 rings (SSSR count). The quantitative estimate of drug-likeness (QED) is 0.518. The number of aryl methyl sites for hydroxylation is 1. The van der Waals surface area contributed by atoms with Crippen molar-refractivity contribution in [1.82, 2.24) is 4.98 Å². The monoisotopic (exact) mass is 421 g/mol. The zero-order valence-corrected chi connectivity index (χ0v) is 16.9. The van der Waals surface area contributed by atoms with Crippen LogP contribution in [0.15, 0.2) is 48.5 Å². The minimum absolute atomic E-state index is 0.150. The minimum Gasteiger partial charge on any atom is -0.496 e. The summed E-state index contributed by atoms with van der Waals surface area (Å²) in [5, 5.41) is 11.4. The van der Waals surface area contributed by atoms with Gasteiger partial charge in [-0.3, -0.25) is 4.98 Å². The van der Waals surface area contributed by atoms with Crippen LogP contribution in [0.5, 0.6) is 5.75 Å². The molecular formula is C23H23F4NO2. The molecule has 0 aliphatic carbocycles. The smallest absolute Gasteiger partial charge is 0.417 e. The van der Waals surface area contributed by atoms with Gasteiger partial charge in [-0.15, -0.1) is 0 Å². The van der Waals surface area contributed by atoms with Crippen LogP contribution in [-0.4, -0.2) is 29.0 Å². The van der Waals surface area contributed by atoms with Crippen LogP contribution in [0.25, 0.3) is 10.9 Å². The van der Waals surface area contributed by atoms with E-state index in [0.29, 0.717) is 27.7 Å². The van der Waals surface area contributed by atoms with Crippen molar-refractivity contribution in [3.8, 4) is 5.75 Å². The summed E-state index contributed by atoms with van der Waals surface area (Å²) in [4.78, 5) is 4.35. The van der Waals surface area contributed by atoms with Gasteiger partial charge in [-0.05, 0) is 48.6 Å². The predicted octanol–water partition coefficient (Wildman–Crippen LogP) is 5.72. The Morgan fingerprint density at radius 1 is 1.10 bits per heavy atom. The highest BCUT2D eigenvalue weighted by Crippen LogP contribution is 2.42. The number of ether oxygens (including phenoxy) is 1. The summed E-state index contributed by atoms with van der Waals surface area (Å²) >= 11 is 0. The summed E-state index contributed by atoms with van der Waals surface area (Å²) in [5.74, 6) is -1.13. The zero-order valence-electron chi connectivity index (χ0n) is 16.9. The molecule has 2 unspecified atom stereocenters. The number of nitrogens with zero attached hydrogens (tertiary/aromatic N) is 1. The van der Waals surface area contributed by atoms with E-state index in [1.165, 1.54) is 19.2 Å². The number of pyridine rings is 1. The van der Waals surface area contributed by atoms with Crippen molar-refractivity contribution in [2.45, 2.75) is 44.4 Å². The first-order chi connectivity index (χ1) is 14.0. The van der Waals surface area contributed by atoms with E-state index < -0.39 is 36.4 Å². The Hall–Kier alpha value is -2.67. The Kier molecular flexibility index (Phi) is 6.04. The van der Waals surface area contributed by atoms with Crippen LogP contribution in [0.3, 0.4) is 0 Å². The maximum absolute atomic E-state index is 14.1. The molecule has 160 valence electrons. The molecule has 0 fully saturated rings. The predicted molar refractivity (Wildman–Crippen MR) is 107 cm³/mol. The van der Waals surface area contributed by atoms with E-state index in [-0.39, 0.29) is 5.75 Å². The van der Waals surface area contributed by atoms with Crippen molar-refractivity contribution >= 4 is 10.9 Å². The number of aliphatic hydroxyl groups is 1. The molecule has 30 heavy (non-hydrogen) atoms. The van der Waals surface area contributed by atoms with Gasteiger partial charge >= 0.3 is 6.18 Å². The van der Waals surface area contributed by atoms with Crippen LogP contribution in [0.2, 0.25) is 0 Å². The number of alkyl halides is 3. The lowest BCUT2D eigenvalue weighted by Gasteiger charge is -2.34. The highest BCUT2D eigenvalue weighted by Gasteiger charge is 2.54.